The number of benzene rings is 1. The van der Waals surface area contributed by atoms with Gasteiger partial charge in [-0.3, -0.25) is 4.90 Å². The third-order valence-corrected chi connectivity index (χ3v) is 2.54. The van der Waals surface area contributed by atoms with Crippen LogP contribution in [0.5, 0.6) is 0 Å². The standard InChI is InChI=1S/C11H16FN3/c12-10-2-1-3-11(8-10)14-9-15-6-4-13-5-7-15/h1-3,8,13-14H,4-7,9H2. The van der Waals surface area contributed by atoms with E-state index >= 15 is 0 Å². The second-order valence-electron chi connectivity index (χ2n) is 3.71. The number of rotatable bonds is 3. The van der Waals surface area contributed by atoms with Gasteiger partial charge in [-0.15, -0.1) is 0 Å². The SMILES string of the molecule is Fc1cccc(NCN2CCNCC2)c1. The van der Waals surface area contributed by atoms with E-state index in [1.807, 2.05) is 6.07 Å². The van der Waals surface area contributed by atoms with Crippen LogP contribution in [-0.2, 0) is 0 Å². The molecule has 2 rings (SSSR count). The molecule has 1 aromatic carbocycles. The van der Waals surface area contributed by atoms with Gasteiger partial charge in [-0.25, -0.2) is 4.39 Å². The summed E-state index contributed by atoms with van der Waals surface area (Å²) in [6.07, 6.45) is 0. The Morgan fingerprint density at radius 3 is 2.87 bits per heavy atom. The molecule has 3 nitrogen and oxygen atoms in total. The largest absolute Gasteiger partial charge is 0.372 e. The Hall–Kier alpha value is -1.13. The highest BCUT2D eigenvalue weighted by Crippen LogP contribution is 2.08. The first-order chi connectivity index (χ1) is 7.34. The van der Waals surface area contributed by atoms with Crippen LogP contribution in [0.25, 0.3) is 0 Å². The van der Waals surface area contributed by atoms with Crippen molar-refractivity contribution < 1.29 is 4.39 Å². The van der Waals surface area contributed by atoms with E-state index in [9.17, 15) is 4.39 Å². The lowest BCUT2D eigenvalue weighted by molar-refractivity contribution is 0.256. The van der Waals surface area contributed by atoms with Crippen molar-refractivity contribution in [3.05, 3.63) is 30.1 Å². The first-order valence-electron chi connectivity index (χ1n) is 5.27. The van der Waals surface area contributed by atoms with Crippen molar-refractivity contribution in [2.24, 2.45) is 0 Å². The van der Waals surface area contributed by atoms with Gasteiger partial charge in [-0.2, -0.15) is 0 Å². The van der Waals surface area contributed by atoms with Crippen molar-refractivity contribution >= 4 is 5.69 Å². The lowest BCUT2D eigenvalue weighted by atomic mass is 10.3. The summed E-state index contributed by atoms with van der Waals surface area (Å²) in [7, 11) is 0. The highest BCUT2D eigenvalue weighted by molar-refractivity contribution is 5.42. The predicted molar refractivity (Wildman–Crippen MR) is 59.3 cm³/mol. The summed E-state index contributed by atoms with van der Waals surface area (Å²) in [6.45, 7) is 4.94. The van der Waals surface area contributed by atoms with Gasteiger partial charge in [-0.05, 0) is 18.2 Å². The van der Waals surface area contributed by atoms with E-state index in [0.717, 1.165) is 38.5 Å². The van der Waals surface area contributed by atoms with Gasteiger partial charge < -0.3 is 10.6 Å². The van der Waals surface area contributed by atoms with Gasteiger partial charge in [0.15, 0.2) is 0 Å². The van der Waals surface area contributed by atoms with E-state index < -0.39 is 0 Å². The van der Waals surface area contributed by atoms with Crippen LogP contribution in [0.1, 0.15) is 0 Å². The second kappa shape index (κ2) is 5.09. The Bertz CT molecular complexity index is 310. The number of hydrogen-bond donors (Lipinski definition) is 2. The van der Waals surface area contributed by atoms with E-state index in [4.69, 9.17) is 0 Å². The molecule has 4 heteroatoms. The van der Waals surface area contributed by atoms with Crippen LogP contribution < -0.4 is 10.6 Å². The molecule has 1 aromatic rings. The third kappa shape index (κ3) is 3.18. The Balaban J connectivity index is 1.81. The minimum Gasteiger partial charge on any atom is -0.372 e. The molecular formula is C11H16FN3. The fourth-order valence-corrected chi connectivity index (χ4v) is 1.67. The first kappa shape index (κ1) is 10.4. The molecule has 0 atom stereocenters. The van der Waals surface area contributed by atoms with Gasteiger partial charge in [0.05, 0.1) is 6.67 Å². The molecule has 0 saturated carbocycles. The maximum atomic E-state index is 12.9. The van der Waals surface area contributed by atoms with Crippen molar-refractivity contribution in [2.45, 2.75) is 0 Å². The number of hydrogen-bond acceptors (Lipinski definition) is 3. The average molecular weight is 209 g/mol. The predicted octanol–water partition coefficient (Wildman–Crippen LogP) is 1.10. The monoisotopic (exact) mass is 209 g/mol. The molecule has 15 heavy (non-hydrogen) atoms. The maximum Gasteiger partial charge on any atom is 0.125 e. The van der Waals surface area contributed by atoms with Crippen LogP contribution in [0.3, 0.4) is 0 Å². The van der Waals surface area contributed by atoms with Gasteiger partial charge in [0.25, 0.3) is 0 Å². The van der Waals surface area contributed by atoms with Gasteiger partial charge >= 0.3 is 0 Å². The molecule has 0 spiro atoms. The molecule has 1 heterocycles. The molecule has 0 bridgehead atoms. The molecule has 1 fully saturated rings. The summed E-state index contributed by atoms with van der Waals surface area (Å²) in [5.41, 5.74) is 0.841. The molecule has 0 amide bonds. The fourth-order valence-electron chi connectivity index (χ4n) is 1.67. The summed E-state index contributed by atoms with van der Waals surface area (Å²) in [5.74, 6) is -0.194. The topological polar surface area (TPSA) is 27.3 Å². The molecular weight excluding hydrogens is 193 g/mol. The third-order valence-electron chi connectivity index (χ3n) is 2.54. The van der Waals surface area contributed by atoms with Gasteiger partial charge in [0.2, 0.25) is 0 Å². The second-order valence-corrected chi connectivity index (χ2v) is 3.71. The molecule has 82 valence electrons. The van der Waals surface area contributed by atoms with E-state index in [2.05, 4.69) is 15.5 Å². The fraction of sp³-hybridized carbons (Fsp3) is 0.455. The molecule has 0 aliphatic carbocycles. The van der Waals surface area contributed by atoms with E-state index in [1.54, 1.807) is 6.07 Å². The van der Waals surface area contributed by atoms with Crippen LogP contribution in [-0.4, -0.2) is 37.7 Å². The normalized spacial score (nSPS) is 17.7. The zero-order valence-corrected chi connectivity index (χ0v) is 8.67. The summed E-state index contributed by atoms with van der Waals surface area (Å²) >= 11 is 0. The summed E-state index contributed by atoms with van der Waals surface area (Å²) in [4.78, 5) is 2.31. The summed E-state index contributed by atoms with van der Waals surface area (Å²) in [6, 6.07) is 6.57. The molecule has 0 aromatic heterocycles. The smallest absolute Gasteiger partial charge is 0.125 e. The van der Waals surface area contributed by atoms with E-state index in [1.165, 1.54) is 12.1 Å². The zero-order valence-electron chi connectivity index (χ0n) is 8.67. The lowest BCUT2D eigenvalue weighted by Gasteiger charge is -2.27. The Labute approximate surface area is 89.3 Å². The van der Waals surface area contributed by atoms with Crippen LogP contribution in [0.15, 0.2) is 24.3 Å². The molecule has 0 unspecified atom stereocenters. The van der Waals surface area contributed by atoms with Crippen molar-refractivity contribution in [1.82, 2.24) is 10.2 Å². The van der Waals surface area contributed by atoms with Gasteiger partial charge in [0.1, 0.15) is 5.82 Å². The minimum atomic E-state index is -0.194. The Morgan fingerprint density at radius 1 is 1.33 bits per heavy atom. The van der Waals surface area contributed by atoms with Gasteiger partial charge in [-0.1, -0.05) is 6.07 Å². The van der Waals surface area contributed by atoms with Crippen LogP contribution in [0.2, 0.25) is 0 Å². The van der Waals surface area contributed by atoms with E-state index in [-0.39, 0.29) is 5.82 Å². The number of nitrogens with one attached hydrogen (secondary N) is 2. The lowest BCUT2D eigenvalue weighted by Crippen LogP contribution is -2.45. The quantitative estimate of drug-likeness (QED) is 0.780. The average Bonchev–Trinajstić information content (AvgIpc) is 2.28. The molecule has 2 N–H and O–H groups in total. The summed E-state index contributed by atoms with van der Waals surface area (Å²) in [5, 5.41) is 6.51. The number of nitrogens with zero attached hydrogens (tertiary/aromatic N) is 1. The van der Waals surface area contributed by atoms with Crippen molar-refractivity contribution in [3.63, 3.8) is 0 Å². The summed E-state index contributed by atoms with van der Waals surface area (Å²) < 4.78 is 12.9. The van der Waals surface area contributed by atoms with Crippen LogP contribution >= 0.6 is 0 Å². The highest BCUT2D eigenvalue weighted by Gasteiger charge is 2.08. The molecule has 0 radical (unpaired) electrons. The van der Waals surface area contributed by atoms with Crippen molar-refractivity contribution in [2.75, 3.05) is 38.2 Å². The number of halogens is 1. The number of anilines is 1. The Kier molecular flexibility index (Phi) is 3.53. The maximum absolute atomic E-state index is 12.9. The molecule has 1 saturated heterocycles. The van der Waals surface area contributed by atoms with Gasteiger partial charge in [0, 0.05) is 31.9 Å². The van der Waals surface area contributed by atoms with Crippen molar-refractivity contribution in [3.8, 4) is 0 Å². The van der Waals surface area contributed by atoms with Crippen LogP contribution in [0, 0.1) is 5.82 Å². The van der Waals surface area contributed by atoms with E-state index in [0.29, 0.717) is 0 Å². The number of piperazine rings is 1. The highest BCUT2D eigenvalue weighted by atomic mass is 19.1. The van der Waals surface area contributed by atoms with Crippen molar-refractivity contribution in [1.29, 1.82) is 0 Å². The minimum absolute atomic E-state index is 0.194. The molecule has 1 aliphatic heterocycles. The van der Waals surface area contributed by atoms with Crippen LogP contribution in [0.4, 0.5) is 10.1 Å². The Morgan fingerprint density at radius 2 is 2.13 bits per heavy atom. The zero-order chi connectivity index (χ0) is 10.5. The first-order valence-corrected chi connectivity index (χ1v) is 5.27. The molecule has 1 aliphatic rings.